The highest BCUT2D eigenvalue weighted by molar-refractivity contribution is 7.09. The monoisotopic (exact) mass is 258 g/mol. The minimum atomic E-state index is 0. The molecule has 16 heavy (non-hydrogen) atoms. The van der Waals surface area contributed by atoms with Crippen LogP contribution in [0.5, 0.6) is 0 Å². The predicted octanol–water partition coefficient (Wildman–Crippen LogP) is 2.50. The van der Waals surface area contributed by atoms with Crippen LogP contribution in [0, 0.1) is 0 Å². The van der Waals surface area contributed by atoms with E-state index in [1.165, 1.54) is 43.8 Å². The summed E-state index contributed by atoms with van der Waals surface area (Å²) in [6.07, 6.45) is 4.14. The largest absolute Gasteiger partial charge is 0.315 e. The van der Waals surface area contributed by atoms with Crippen LogP contribution in [0.3, 0.4) is 0 Å². The van der Waals surface area contributed by atoms with E-state index in [-0.39, 0.29) is 12.4 Å². The number of rotatable bonds is 2. The van der Waals surface area contributed by atoms with Crippen LogP contribution in [0.1, 0.15) is 24.1 Å². The first-order valence-electron chi connectivity index (χ1n) is 5.92. The Morgan fingerprint density at radius 1 is 1.31 bits per heavy atom. The van der Waals surface area contributed by atoms with Crippen molar-refractivity contribution in [3.63, 3.8) is 0 Å². The zero-order chi connectivity index (χ0) is 10.1. The smallest absolute Gasteiger partial charge is 0.0334 e. The summed E-state index contributed by atoms with van der Waals surface area (Å²) in [5.74, 6) is 0. The molecular weight excluding hydrogens is 240 g/mol. The Labute approximate surface area is 107 Å². The number of nitrogens with one attached hydrogen (secondary N) is 1. The summed E-state index contributed by atoms with van der Waals surface area (Å²) >= 11 is 1.89. The van der Waals surface area contributed by atoms with Gasteiger partial charge in [0.1, 0.15) is 0 Å². The highest BCUT2D eigenvalue weighted by Gasteiger charge is 2.34. The Morgan fingerprint density at radius 2 is 2.19 bits per heavy atom. The van der Waals surface area contributed by atoms with Crippen molar-refractivity contribution in [2.45, 2.75) is 37.9 Å². The minimum Gasteiger partial charge on any atom is -0.315 e. The molecule has 0 amide bonds. The lowest BCUT2D eigenvalue weighted by Crippen LogP contribution is -2.37. The van der Waals surface area contributed by atoms with E-state index in [1.54, 1.807) is 0 Å². The third kappa shape index (κ3) is 2.43. The van der Waals surface area contributed by atoms with Crippen LogP contribution in [0.4, 0.5) is 0 Å². The molecule has 2 unspecified atom stereocenters. The summed E-state index contributed by atoms with van der Waals surface area (Å²) in [7, 11) is 0. The van der Waals surface area contributed by atoms with Crippen LogP contribution in [0.25, 0.3) is 0 Å². The van der Waals surface area contributed by atoms with Crippen molar-refractivity contribution in [1.29, 1.82) is 0 Å². The molecule has 2 aliphatic rings. The van der Waals surface area contributed by atoms with E-state index in [1.807, 2.05) is 11.3 Å². The fourth-order valence-corrected chi connectivity index (χ4v) is 3.63. The number of hydrogen-bond donors (Lipinski definition) is 1. The third-order valence-corrected chi connectivity index (χ3v) is 4.59. The summed E-state index contributed by atoms with van der Waals surface area (Å²) in [4.78, 5) is 4.25. The molecule has 2 fully saturated rings. The first-order chi connectivity index (χ1) is 7.43. The van der Waals surface area contributed by atoms with Gasteiger partial charge in [-0.3, -0.25) is 4.90 Å². The van der Waals surface area contributed by atoms with Gasteiger partial charge in [0.25, 0.3) is 0 Å². The molecule has 0 radical (unpaired) electrons. The summed E-state index contributed by atoms with van der Waals surface area (Å²) < 4.78 is 0. The molecule has 0 spiro atoms. The van der Waals surface area contributed by atoms with Crippen LogP contribution in [0.15, 0.2) is 17.5 Å². The van der Waals surface area contributed by atoms with Gasteiger partial charge in [0.05, 0.1) is 0 Å². The van der Waals surface area contributed by atoms with Crippen LogP contribution >= 0.6 is 23.7 Å². The van der Waals surface area contributed by atoms with E-state index in [2.05, 4.69) is 27.7 Å². The van der Waals surface area contributed by atoms with Gasteiger partial charge < -0.3 is 5.32 Å². The molecule has 2 aliphatic heterocycles. The van der Waals surface area contributed by atoms with Gasteiger partial charge in [-0.25, -0.2) is 0 Å². The number of halogens is 1. The maximum absolute atomic E-state index is 3.55. The summed E-state index contributed by atoms with van der Waals surface area (Å²) in [6, 6.07) is 6.06. The maximum Gasteiger partial charge on any atom is 0.0334 e. The highest BCUT2D eigenvalue weighted by Crippen LogP contribution is 2.30. The van der Waals surface area contributed by atoms with Crippen LogP contribution in [-0.4, -0.2) is 30.1 Å². The van der Waals surface area contributed by atoms with E-state index in [0.717, 1.165) is 12.1 Å². The average molecular weight is 259 g/mol. The number of nitrogens with zero attached hydrogens (tertiary/aromatic N) is 1. The van der Waals surface area contributed by atoms with Gasteiger partial charge in [0.2, 0.25) is 0 Å². The Kier molecular flexibility index (Phi) is 4.25. The highest BCUT2D eigenvalue weighted by atomic mass is 35.5. The zero-order valence-electron chi connectivity index (χ0n) is 9.39. The molecule has 0 aromatic carbocycles. The van der Waals surface area contributed by atoms with Gasteiger partial charge in [-0.15, -0.1) is 23.7 Å². The van der Waals surface area contributed by atoms with Crippen molar-refractivity contribution < 1.29 is 0 Å². The first-order valence-corrected chi connectivity index (χ1v) is 6.80. The summed E-state index contributed by atoms with van der Waals surface area (Å²) in [5, 5.41) is 5.74. The summed E-state index contributed by atoms with van der Waals surface area (Å²) in [6.45, 7) is 3.58. The molecule has 0 saturated carbocycles. The molecule has 1 aromatic rings. The van der Waals surface area contributed by atoms with E-state index < -0.39 is 0 Å². The SMILES string of the molecule is Cl.c1csc(CN2C3CCNCC2CC3)c1. The van der Waals surface area contributed by atoms with Gasteiger partial charge in [-0.1, -0.05) is 6.07 Å². The van der Waals surface area contributed by atoms with Gasteiger partial charge in [-0.05, 0) is 37.3 Å². The quantitative estimate of drug-likeness (QED) is 0.877. The van der Waals surface area contributed by atoms with Gasteiger partial charge in [-0.2, -0.15) is 0 Å². The van der Waals surface area contributed by atoms with Gasteiger partial charge >= 0.3 is 0 Å². The second-order valence-electron chi connectivity index (χ2n) is 4.63. The van der Waals surface area contributed by atoms with Crippen molar-refractivity contribution >= 4 is 23.7 Å². The van der Waals surface area contributed by atoms with E-state index in [9.17, 15) is 0 Å². The lowest BCUT2D eigenvalue weighted by atomic mass is 10.1. The second-order valence-corrected chi connectivity index (χ2v) is 5.66. The molecule has 4 heteroatoms. The van der Waals surface area contributed by atoms with E-state index >= 15 is 0 Å². The Morgan fingerprint density at radius 3 is 3.00 bits per heavy atom. The number of thiophene rings is 1. The molecule has 90 valence electrons. The maximum atomic E-state index is 3.55. The van der Waals surface area contributed by atoms with Gasteiger partial charge in [0.15, 0.2) is 0 Å². The average Bonchev–Trinajstić information content (AvgIpc) is 2.76. The predicted molar refractivity (Wildman–Crippen MR) is 71.4 cm³/mol. The Balaban J connectivity index is 0.000000963. The van der Waals surface area contributed by atoms with Crippen molar-refractivity contribution in [1.82, 2.24) is 10.2 Å². The van der Waals surface area contributed by atoms with Crippen molar-refractivity contribution in [3.8, 4) is 0 Å². The molecule has 3 rings (SSSR count). The van der Waals surface area contributed by atoms with Crippen LogP contribution in [0.2, 0.25) is 0 Å². The second kappa shape index (κ2) is 5.50. The number of fused-ring (bicyclic) bond motifs is 2. The van der Waals surface area contributed by atoms with Crippen molar-refractivity contribution in [2.24, 2.45) is 0 Å². The molecule has 1 N–H and O–H groups in total. The van der Waals surface area contributed by atoms with Gasteiger partial charge in [0, 0.05) is 30.1 Å². The molecule has 3 heterocycles. The topological polar surface area (TPSA) is 15.3 Å². The standard InChI is InChI=1S/C12H18N2S.ClH/c1-2-12(15-7-1)9-14-10-3-4-11(14)8-13-6-5-10;/h1-2,7,10-11,13H,3-6,8-9H2;1H. The Hall–Kier alpha value is -0.0900. The number of hydrogen-bond acceptors (Lipinski definition) is 3. The first kappa shape index (κ1) is 12.4. The zero-order valence-corrected chi connectivity index (χ0v) is 11.0. The Bertz CT molecular complexity index is 301. The molecule has 2 atom stereocenters. The van der Waals surface area contributed by atoms with E-state index in [4.69, 9.17) is 0 Å². The molecule has 2 bridgehead atoms. The fourth-order valence-electron chi connectivity index (χ4n) is 2.92. The normalized spacial score (nSPS) is 29.8. The van der Waals surface area contributed by atoms with Crippen molar-refractivity contribution in [3.05, 3.63) is 22.4 Å². The van der Waals surface area contributed by atoms with E-state index in [0.29, 0.717) is 0 Å². The van der Waals surface area contributed by atoms with Crippen molar-refractivity contribution in [2.75, 3.05) is 13.1 Å². The molecule has 2 saturated heterocycles. The lowest BCUT2D eigenvalue weighted by molar-refractivity contribution is 0.195. The minimum absolute atomic E-state index is 0. The molecule has 0 aliphatic carbocycles. The third-order valence-electron chi connectivity index (χ3n) is 3.72. The fraction of sp³-hybridized carbons (Fsp3) is 0.667. The van der Waals surface area contributed by atoms with Crippen LogP contribution in [-0.2, 0) is 6.54 Å². The lowest BCUT2D eigenvalue weighted by Gasteiger charge is -2.26. The van der Waals surface area contributed by atoms with Crippen LogP contribution < -0.4 is 5.32 Å². The summed E-state index contributed by atoms with van der Waals surface area (Å²) in [5.41, 5.74) is 0. The molecule has 2 nitrogen and oxygen atoms in total. The molecular formula is C12H19ClN2S. The molecule has 1 aromatic heterocycles.